The molecule has 0 radical (unpaired) electrons. The number of hydrogen-bond donors (Lipinski definition) is 1. The maximum atomic E-state index is 13.6. The summed E-state index contributed by atoms with van der Waals surface area (Å²) in [6, 6.07) is 4.94. The second kappa shape index (κ2) is 5.45. The van der Waals surface area contributed by atoms with Gasteiger partial charge in [0.25, 0.3) is 0 Å². The van der Waals surface area contributed by atoms with E-state index in [0.29, 0.717) is 5.56 Å². The van der Waals surface area contributed by atoms with Gasteiger partial charge >= 0.3 is 0 Å². The maximum absolute atomic E-state index is 13.6. The molecule has 0 saturated heterocycles. The Morgan fingerprint density at radius 2 is 1.94 bits per heavy atom. The van der Waals surface area contributed by atoms with E-state index in [4.69, 9.17) is 0 Å². The van der Waals surface area contributed by atoms with Gasteiger partial charge in [0.1, 0.15) is 5.82 Å². The molecule has 1 aromatic carbocycles. The second-order valence-electron chi connectivity index (χ2n) is 4.51. The van der Waals surface area contributed by atoms with Crippen LogP contribution in [0.15, 0.2) is 18.2 Å². The molecule has 0 aliphatic heterocycles. The molecular weight excluding hydrogens is 318 g/mol. The fraction of sp³-hybridized carbons (Fsp3) is 0.538. The summed E-state index contributed by atoms with van der Waals surface area (Å²) < 4.78 is 14.6. The molecule has 1 aliphatic carbocycles. The topological polar surface area (TPSA) is 20.2 Å². The first kappa shape index (κ1) is 12.3. The van der Waals surface area contributed by atoms with Crippen molar-refractivity contribution in [2.75, 3.05) is 0 Å². The van der Waals surface area contributed by atoms with Crippen LogP contribution in [0.4, 0.5) is 4.39 Å². The molecule has 1 aliphatic rings. The van der Waals surface area contributed by atoms with Gasteiger partial charge in [0, 0.05) is 9.13 Å². The Bertz CT molecular complexity index is 361. The van der Waals surface area contributed by atoms with Crippen molar-refractivity contribution < 1.29 is 9.50 Å². The summed E-state index contributed by atoms with van der Waals surface area (Å²) in [5.74, 6) is -0.0417. The van der Waals surface area contributed by atoms with Gasteiger partial charge in [-0.25, -0.2) is 4.39 Å². The lowest BCUT2D eigenvalue weighted by Gasteiger charge is -2.27. The SMILES string of the molecule is OC(c1cc(I)ccc1F)C1CCCCC1. The van der Waals surface area contributed by atoms with Gasteiger partial charge in [-0.15, -0.1) is 0 Å². The first-order valence-electron chi connectivity index (χ1n) is 5.81. The lowest BCUT2D eigenvalue weighted by molar-refractivity contribution is 0.0816. The van der Waals surface area contributed by atoms with Crippen LogP contribution in [0.2, 0.25) is 0 Å². The van der Waals surface area contributed by atoms with Crippen LogP contribution in [0.3, 0.4) is 0 Å². The minimum Gasteiger partial charge on any atom is -0.388 e. The highest BCUT2D eigenvalue weighted by Crippen LogP contribution is 2.35. The number of aliphatic hydroxyl groups excluding tert-OH is 1. The van der Waals surface area contributed by atoms with Crippen molar-refractivity contribution in [3.8, 4) is 0 Å². The number of benzene rings is 1. The van der Waals surface area contributed by atoms with Gasteiger partial charge in [-0.3, -0.25) is 0 Å². The third-order valence-electron chi connectivity index (χ3n) is 3.37. The summed E-state index contributed by atoms with van der Waals surface area (Å²) >= 11 is 2.15. The van der Waals surface area contributed by atoms with Crippen molar-refractivity contribution in [2.24, 2.45) is 5.92 Å². The predicted octanol–water partition coefficient (Wildman–Crippen LogP) is 4.04. The molecule has 1 fully saturated rings. The number of aliphatic hydroxyl groups is 1. The van der Waals surface area contributed by atoms with Gasteiger partial charge < -0.3 is 5.11 Å². The Labute approximate surface area is 109 Å². The van der Waals surface area contributed by atoms with E-state index in [0.717, 1.165) is 29.3 Å². The predicted molar refractivity (Wildman–Crippen MR) is 70.7 cm³/mol. The normalized spacial score (nSPS) is 19.7. The van der Waals surface area contributed by atoms with Gasteiger partial charge in [-0.1, -0.05) is 19.3 Å². The average molecular weight is 334 g/mol. The third kappa shape index (κ3) is 2.74. The van der Waals surface area contributed by atoms with Crippen molar-refractivity contribution >= 4 is 22.6 Å². The second-order valence-corrected chi connectivity index (χ2v) is 5.75. The van der Waals surface area contributed by atoms with E-state index in [9.17, 15) is 9.50 Å². The van der Waals surface area contributed by atoms with Crippen molar-refractivity contribution in [1.82, 2.24) is 0 Å². The fourth-order valence-electron chi connectivity index (χ4n) is 2.45. The van der Waals surface area contributed by atoms with Gasteiger partial charge in [0.2, 0.25) is 0 Å². The Balaban J connectivity index is 2.18. The molecule has 1 aromatic rings. The quantitative estimate of drug-likeness (QED) is 0.810. The molecule has 1 nitrogen and oxygen atoms in total. The largest absolute Gasteiger partial charge is 0.388 e. The standard InChI is InChI=1S/C13H16FIO/c14-12-7-6-10(15)8-11(12)13(16)9-4-2-1-3-5-9/h6-9,13,16H,1-5H2. The first-order chi connectivity index (χ1) is 7.68. The van der Waals surface area contributed by atoms with Crippen LogP contribution in [0.1, 0.15) is 43.8 Å². The van der Waals surface area contributed by atoms with Crippen LogP contribution in [-0.2, 0) is 0 Å². The third-order valence-corrected chi connectivity index (χ3v) is 4.04. The van der Waals surface area contributed by atoms with Gasteiger partial charge in [-0.05, 0) is 59.5 Å². The first-order valence-corrected chi connectivity index (χ1v) is 6.89. The van der Waals surface area contributed by atoms with Crippen LogP contribution in [0.5, 0.6) is 0 Å². The minimum absolute atomic E-state index is 0.237. The van der Waals surface area contributed by atoms with Crippen LogP contribution in [0.25, 0.3) is 0 Å². The molecule has 1 saturated carbocycles. The van der Waals surface area contributed by atoms with Crippen LogP contribution >= 0.6 is 22.6 Å². The zero-order valence-corrected chi connectivity index (χ0v) is 11.3. The van der Waals surface area contributed by atoms with Crippen LogP contribution in [0, 0.1) is 15.3 Å². The maximum Gasteiger partial charge on any atom is 0.129 e. The Morgan fingerprint density at radius 3 is 2.62 bits per heavy atom. The molecule has 0 amide bonds. The lowest BCUT2D eigenvalue weighted by atomic mass is 9.82. The molecule has 3 heteroatoms. The molecule has 1 atom stereocenters. The molecule has 88 valence electrons. The minimum atomic E-state index is -0.630. The monoisotopic (exact) mass is 334 g/mol. The summed E-state index contributed by atoms with van der Waals surface area (Å²) in [6.07, 6.45) is 4.98. The van der Waals surface area contributed by atoms with E-state index in [1.807, 2.05) is 0 Å². The lowest BCUT2D eigenvalue weighted by Crippen LogP contribution is -2.17. The molecule has 0 aromatic heterocycles. The highest BCUT2D eigenvalue weighted by molar-refractivity contribution is 14.1. The average Bonchev–Trinajstić information content (AvgIpc) is 2.32. The number of hydrogen-bond acceptors (Lipinski definition) is 1. The van der Waals surface area contributed by atoms with E-state index in [1.165, 1.54) is 12.5 Å². The van der Waals surface area contributed by atoms with Gasteiger partial charge in [0.05, 0.1) is 6.10 Å². The zero-order valence-electron chi connectivity index (χ0n) is 9.13. The molecule has 0 bridgehead atoms. The highest BCUT2D eigenvalue weighted by Gasteiger charge is 2.25. The number of halogens is 2. The van der Waals surface area contributed by atoms with Crippen LogP contribution < -0.4 is 0 Å². The molecule has 16 heavy (non-hydrogen) atoms. The van der Waals surface area contributed by atoms with Gasteiger partial charge in [-0.2, -0.15) is 0 Å². The molecular formula is C13H16FIO. The summed E-state index contributed by atoms with van der Waals surface area (Å²) in [4.78, 5) is 0. The fourth-order valence-corrected chi connectivity index (χ4v) is 2.96. The van der Waals surface area contributed by atoms with E-state index in [1.54, 1.807) is 12.1 Å². The number of rotatable bonds is 2. The molecule has 2 rings (SSSR count). The molecule has 1 N–H and O–H groups in total. The Kier molecular flexibility index (Phi) is 4.19. The summed E-state index contributed by atoms with van der Waals surface area (Å²) in [7, 11) is 0. The van der Waals surface area contributed by atoms with E-state index < -0.39 is 6.10 Å². The summed E-state index contributed by atoms with van der Waals surface area (Å²) in [5.41, 5.74) is 0.471. The van der Waals surface area contributed by atoms with Crippen LogP contribution in [-0.4, -0.2) is 5.11 Å². The van der Waals surface area contributed by atoms with Crippen molar-refractivity contribution in [3.05, 3.63) is 33.1 Å². The Morgan fingerprint density at radius 1 is 1.25 bits per heavy atom. The molecule has 0 heterocycles. The molecule has 1 unspecified atom stereocenters. The van der Waals surface area contributed by atoms with Crippen molar-refractivity contribution in [3.63, 3.8) is 0 Å². The van der Waals surface area contributed by atoms with E-state index >= 15 is 0 Å². The highest BCUT2D eigenvalue weighted by atomic mass is 127. The van der Waals surface area contributed by atoms with Crippen molar-refractivity contribution in [1.29, 1.82) is 0 Å². The summed E-state index contributed by atoms with van der Waals surface area (Å²) in [5, 5.41) is 10.2. The summed E-state index contributed by atoms with van der Waals surface area (Å²) in [6.45, 7) is 0. The van der Waals surface area contributed by atoms with E-state index in [2.05, 4.69) is 22.6 Å². The smallest absolute Gasteiger partial charge is 0.129 e. The molecule has 0 spiro atoms. The van der Waals surface area contributed by atoms with Gasteiger partial charge in [0.15, 0.2) is 0 Å². The van der Waals surface area contributed by atoms with E-state index in [-0.39, 0.29) is 11.7 Å². The zero-order chi connectivity index (χ0) is 11.5. The van der Waals surface area contributed by atoms with Crippen molar-refractivity contribution in [2.45, 2.75) is 38.2 Å². The Hall–Kier alpha value is -0.160.